The molecule has 3 atom stereocenters. The topological polar surface area (TPSA) is 29.3 Å². The highest BCUT2D eigenvalue weighted by molar-refractivity contribution is 8.00. The second-order valence-corrected chi connectivity index (χ2v) is 6.20. The van der Waals surface area contributed by atoms with Crippen molar-refractivity contribution in [3.63, 3.8) is 0 Å². The fourth-order valence-electron chi connectivity index (χ4n) is 2.11. The van der Waals surface area contributed by atoms with Crippen LogP contribution in [-0.4, -0.2) is 41.1 Å². The third-order valence-corrected chi connectivity index (χ3v) is 4.75. The molecule has 0 bridgehead atoms. The highest BCUT2D eigenvalue weighted by atomic mass is 32.2. The lowest BCUT2D eigenvalue weighted by Gasteiger charge is -2.38. The molecule has 0 aromatic carbocycles. The van der Waals surface area contributed by atoms with Gasteiger partial charge < -0.3 is 5.73 Å². The summed E-state index contributed by atoms with van der Waals surface area (Å²) in [5, 5.41) is 0.761. The van der Waals surface area contributed by atoms with E-state index in [0.29, 0.717) is 12.1 Å². The zero-order chi connectivity index (χ0) is 11.3. The fourth-order valence-corrected chi connectivity index (χ4v) is 3.27. The first-order valence-electron chi connectivity index (χ1n) is 6.26. The Bertz CT molecular complexity index is 175. The lowest BCUT2D eigenvalue weighted by molar-refractivity contribution is 0.197. The molecule has 1 fully saturated rings. The van der Waals surface area contributed by atoms with Crippen molar-refractivity contribution in [2.75, 3.05) is 18.8 Å². The minimum absolute atomic E-state index is 0.377. The molecule has 15 heavy (non-hydrogen) atoms. The van der Waals surface area contributed by atoms with Gasteiger partial charge in [-0.05, 0) is 13.3 Å². The van der Waals surface area contributed by atoms with Gasteiger partial charge in [0.25, 0.3) is 0 Å². The summed E-state index contributed by atoms with van der Waals surface area (Å²) < 4.78 is 0. The number of hydrogen-bond acceptors (Lipinski definition) is 3. The molecule has 3 heteroatoms. The molecule has 2 nitrogen and oxygen atoms in total. The molecule has 0 radical (unpaired) electrons. The first-order valence-corrected chi connectivity index (χ1v) is 7.31. The molecule has 0 saturated carbocycles. The maximum atomic E-state index is 6.15. The van der Waals surface area contributed by atoms with Gasteiger partial charge in [-0.15, -0.1) is 0 Å². The molecule has 3 unspecified atom stereocenters. The number of unbranched alkanes of at least 4 members (excludes halogenated alkanes) is 1. The van der Waals surface area contributed by atoms with E-state index in [4.69, 9.17) is 5.73 Å². The van der Waals surface area contributed by atoms with Crippen LogP contribution in [0, 0.1) is 0 Å². The van der Waals surface area contributed by atoms with E-state index in [-0.39, 0.29) is 0 Å². The Morgan fingerprint density at radius 3 is 2.87 bits per heavy atom. The van der Waals surface area contributed by atoms with Crippen LogP contribution in [-0.2, 0) is 0 Å². The Hall–Kier alpha value is 0.270. The summed E-state index contributed by atoms with van der Waals surface area (Å²) in [7, 11) is 0. The van der Waals surface area contributed by atoms with Crippen molar-refractivity contribution in [3.05, 3.63) is 0 Å². The molecule has 1 heterocycles. The summed E-state index contributed by atoms with van der Waals surface area (Å²) in [5.74, 6) is 1.27. The van der Waals surface area contributed by atoms with Crippen LogP contribution in [0.1, 0.15) is 40.0 Å². The highest BCUT2D eigenvalue weighted by Crippen LogP contribution is 2.24. The predicted octanol–water partition coefficient (Wildman–Crippen LogP) is 2.33. The van der Waals surface area contributed by atoms with Crippen LogP contribution in [0.15, 0.2) is 0 Å². The van der Waals surface area contributed by atoms with Crippen molar-refractivity contribution in [1.29, 1.82) is 0 Å². The Morgan fingerprint density at radius 1 is 1.47 bits per heavy atom. The van der Waals surface area contributed by atoms with E-state index in [0.717, 1.165) is 11.8 Å². The van der Waals surface area contributed by atoms with Crippen LogP contribution in [0.5, 0.6) is 0 Å². The number of nitrogens with zero attached hydrogens (tertiary/aromatic N) is 1. The molecule has 0 spiro atoms. The third kappa shape index (κ3) is 4.33. The second-order valence-electron chi connectivity index (χ2n) is 4.71. The standard InChI is InChI=1S/C12H26N2S/c1-4-5-6-12(13)9-14-7-8-15-11(3)10(14)2/h10-12H,4-9,13H2,1-3H3. The number of hydrogen-bond donors (Lipinski definition) is 1. The molecule has 90 valence electrons. The van der Waals surface area contributed by atoms with Gasteiger partial charge in [0.05, 0.1) is 0 Å². The zero-order valence-electron chi connectivity index (χ0n) is 10.4. The maximum absolute atomic E-state index is 6.15. The first-order chi connectivity index (χ1) is 7.15. The van der Waals surface area contributed by atoms with Crippen LogP contribution in [0.2, 0.25) is 0 Å². The lowest BCUT2D eigenvalue weighted by atomic mass is 10.1. The summed E-state index contributed by atoms with van der Waals surface area (Å²) in [6.07, 6.45) is 3.71. The van der Waals surface area contributed by atoms with Crippen LogP contribution < -0.4 is 5.73 Å². The van der Waals surface area contributed by atoms with Gasteiger partial charge in [0.15, 0.2) is 0 Å². The second kappa shape index (κ2) is 6.77. The van der Waals surface area contributed by atoms with Gasteiger partial charge in [0, 0.05) is 36.2 Å². The Labute approximate surface area is 99.0 Å². The number of rotatable bonds is 5. The minimum Gasteiger partial charge on any atom is -0.327 e. The molecular formula is C12H26N2S. The van der Waals surface area contributed by atoms with Crippen molar-refractivity contribution in [2.24, 2.45) is 5.73 Å². The predicted molar refractivity (Wildman–Crippen MR) is 70.5 cm³/mol. The quantitative estimate of drug-likeness (QED) is 0.786. The van der Waals surface area contributed by atoms with Crippen LogP contribution in [0.4, 0.5) is 0 Å². The van der Waals surface area contributed by atoms with Gasteiger partial charge >= 0.3 is 0 Å². The van der Waals surface area contributed by atoms with Gasteiger partial charge in [0.1, 0.15) is 0 Å². The van der Waals surface area contributed by atoms with Gasteiger partial charge in [-0.1, -0.05) is 26.7 Å². The summed E-state index contributed by atoms with van der Waals surface area (Å²) in [5.41, 5.74) is 6.15. The van der Waals surface area contributed by atoms with Crippen molar-refractivity contribution in [3.8, 4) is 0 Å². The molecule has 0 aromatic rings. The zero-order valence-corrected chi connectivity index (χ0v) is 11.2. The van der Waals surface area contributed by atoms with E-state index in [1.54, 1.807) is 0 Å². The fraction of sp³-hybridized carbons (Fsp3) is 1.00. The molecule has 0 aliphatic carbocycles. The number of thioether (sulfide) groups is 1. The molecule has 0 aromatic heterocycles. The SMILES string of the molecule is CCCCC(N)CN1CCSC(C)C1C. The van der Waals surface area contributed by atoms with Crippen molar-refractivity contribution in [1.82, 2.24) is 4.90 Å². The normalized spacial score (nSPS) is 30.4. The van der Waals surface area contributed by atoms with Crippen LogP contribution in [0.25, 0.3) is 0 Å². The molecule has 1 aliphatic heterocycles. The highest BCUT2D eigenvalue weighted by Gasteiger charge is 2.25. The van der Waals surface area contributed by atoms with Gasteiger partial charge in [-0.2, -0.15) is 11.8 Å². The smallest absolute Gasteiger partial charge is 0.0184 e. The largest absolute Gasteiger partial charge is 0.327 e. The van der Waals surface area contributed by atoms with E-state index < -0.39 is 0 Å². The maximum Gasteiger partial charge on any atom is 0.0184 e. The Kier molecular flexibility index (Phi) is 6.02. The van der Waals surface area contributed by atoms with Crippen molar-refractivity contribution in [2.45, 2.75) is 57.4 Å². The average molecular weight is 230 g/mol. The van der Waals surface area contributed by atoms with Gasteiger partial charge in [0.2, 0.25) is 0 Å². The third-order valence-electron chi connectivity index (χ3n) is 3.41. The average Bonchev–Trinajstić information content (AvgIpc) is 2.22. The molecule has 1 rings (SSSR count). The Morgan fingerprint density at radius 2 is 2.20 bits per heavy atom. The number of nitrogens with two attached hydrogens (primary N) is 1. The molecule has 1 saturated heterocycles. The summed E-state index contributed by atoms with van der Waals surface area (Å²) in [6, 6.07) is 1.07. The van der Waals surface area contributed by atoms with Crippen molar-refractivity contribution >= 4 is 11.8 Å². The van der Waals surface area contributed by atoms with E-state index in [9.17, 15) is 0 Å². The van der Waals surface area contributed by atoms with E-state index in [1.165, 1.54) is 31.6 Å². The summed E-state index contributed by atoms with van der Waals surface area (Å²) >= 11 is 2.09. The van der Waals surface area contributed by atoms with Crippen LogP contribution >= 0.6 is 11.8 Å². The van der Waals surface area contributed by atoms with E-state index in [2.05, 4.69) is 37.4 Å². The van der Waals surface area contributed by atoms with Crippen molar-refractivity contribution < 1.29 is 0 Å². The summed E-state index contributed by atoms with van der Waals surface area (Å²) in [4.78, 5) is 2.57. The van der Waals surface area contributed by atoms with Gasteiger partial charge in [-0.3, -0.25) is 4.90 Å². The lowest BCUT2D eigenvalue weighted by Crippen LogP contribution is -2.49. The van der Waals surface area contributed by atoms with Gasteiger partial charge in [-0.25, -0.2) is 0 Å². The first kappa shape index (κ1) is 13.3. The molecule has 1 aliphatic rings. The minimum atomic E-state index is 0.377. The van der Waals surface area contributed by atoms with E-state index in [1.807, 2.05) is 0 Å². The monoisotopic (exact) mass is 230 g/mol. The molecular weight excluding hydrogens is 204 g/mol. The summed E-state index contributed by atoms with van der Waals surface area (Å²) in [6.45, 7) is 9.21. The Balaban J connectivity index is 2.29. The molecule has 0 amide bonds. The van der Waals surface area contributed by atoms with Crippen LogP contribution in [0.3, 0.4) is 0 Å². The van der Waals surface area contributed by atoms with E-state index >= 15 is 0 Å². The molecule has 2 N–H and O–H groups in total.